The molecule has 11 heteroatoms. The highest BCUT2D eigenvalue weighted by atomic mass is 32.2. The normalized spacial score (nSPS) is 14.7. The van der Waals surface area contributed by atoms with Gasteiger partial charge in [-0.1, -0.05) is 54.3 Å². The Morgan fingerprint density at radius 1 is 1.05 bits per heavy atom. The third-order valence-electron chi connectivity index (χ3n) is 5.99. The molecule has 9 nitrogen and oxygen atoms in total. The van der Waals surface area contributed by atoms with Crippen LogP contribution >= 0.6 is 24.0 Å². The number of hydrogen-bond donors (Lipinski definition) is 1. The van der Waals surface area contributed by atoms with E-state index in [1.165, 1.54) is 16.7 Å². The first kappa shape index (κ1) is 24.8. The summed E-state index contributed by atoms with van der Waals surface area (Å²) in [5, 5.41) is 10.7. The van der Waals surface area contributed by atoms with E-state index in [1.807, 2.05) is 30.3 Å². The fourth-order valence-electron chi connectivity index (χ4n) is 4.12. The van der Waals surface area contributed by atoms with E-state index in [0.29, 0.717) is 44.3 Å². The Kier molecular flexibility index (Phi) is 6.61. The molecule has 2 aromatic carbocycles. The van der Waals surface area contributed by atoms with Crippen LogP contribution in [0.15, 0.2) is 80.8 Å². The minimum absolute atomic E-state index is 0.217. The number of rotatable bonds is 6. The van der Waals surface area contributed by atoms with Crippen LogP contribution in [0.1, 0.15) is 11.5 Å². The van der Waals surface area contributed by atoms with E-state index < -0.39 is 5.91 Å². The average Bonchev–Trinajstić information content (AvgIpc) is 3.54. The molecule has 0 spiro atoms. The summed E-state index contributed by atoms with van der Waals surface area (Å²) < 4.78 is 9.42. The topological polar surface area (TPSA) is 93.1 Å². The summed E-state index contributed by atoms with van der Waals surface area (Å²) in [5.74, 6) is 0.483. The van der Waals surface area contributed by atoms with Crippen molar-refractivity contribution >= 4 is 51.7 Å². The van der Waals surface area contributed by atoms with Crippen molar-refractivity contribution < 1.29 is 19.3 Å². The number of furan rings is 1. The van der Waals surface area contributed by atoms with Gasteiger partial charge in [-0.15, -0.1) is 5.23 Å². The molecule has 0 aliphatic carbocycles. The second kappa shape index (κ2) is 9.87. The molecular weight excluding hydrogens is 512 g/mol. The fourth-order valence-corrected chi connectivity index (χ4v) is 5.37. The SMILES string of the molecule is CON(O)c1ccccc1-c1ccc(/C=C2\SC(=S)N(c3c(C)n(C)n(-c4ccccc4)c3=O)C2=O)o1. The number of nitrogens with zero attached hydrogens (tertiary/aromatic N) is 4. The van der Waals surface area contributed by atoms with E-state index in [0.717, 1.165) is 11.8 Å². The predicted molar refractivity (Wildman–Crippen MR) is 147 cm³/mol. The van der Waals surface area contributed by atoms with Crippen molar-refractivity contribution in [2.75, 3.05) is 17.2 Å². The van der Waals surface area contributed by atoms with Crippen LogP contribution in [-0.4, -0.2) is 31.9 Å². The molecule has 188 valence electrons. The lowest BCUT2D eigenvalue weighted by Gasteiger charge is -2.15. The van der Waals surface area contributed by atoms with Gasteiger partial charge in [0, 0.05) is 18.7 Å². The van der Waals surface area contributed by atoms with Crippen molar-refractivity contribution in [2.24, 2.45) is 7.05 Å². The number of carbonyl (C=O) groups excluding carboxylic acids is 1. The second-order valence-corrected chi connectivity index (χ2v) is 9.78. The molecule has 5 rings (SSSR count). The number of thiocarbonyl (C=S) groups is 1. The summed E-state index contributed by atoms with van der Waals surface area (Å²) in [5.41, 5.74) is 2.16. The molecule has 1 fully saturated rings. The number of aromatic nitrogens is 2. The largest absolute Gasteiger partial charge is 0.457 e. The van der Waals surface area contributed by atoms with Crippen LogP contribution in [0.4, 0.5) is 11.4 Å². The third kappa shape index (κ3) is 4.31. The highest BCUT2D eigenvalue weighted by molar-refractivity contribution is 8.27. The molecule has 0 bridgehead atoms. The smallest absolute Gasteiger partial charge is 0.296 e. The minimum Gasteiger partial charge on any atom is -0.457 e. The maximum absolute atomic E-state index is 13.4. The molecule has 1 aliphatic rings. The molecular formula is C26H22N4O5S2. The maximum atomic E-state index is 13.4. The molecule has 1 N–H and O–H groups in total. The van der Waals surface area contributed by atoms with Crippen molar-refractivity contribution in [3.05, 3.63) is 93.4 Å². The predicted octanol–water partition coefficient (Wildman–Crippen LogP) is 4.91. The first-order chi connectivity index (χ1) is 17.8. The first-order valence-electron chi connectivity index (χ1n) is 11.2. The molecule has 1 aliphatic heterocycles. The van der Waals surface area contributed by atoms with Gasteiger partial charge in [-0.3, -0.25) is 29.2 Å². The summed E-state index contributed by atoms with van der Waals surface area (Å²) in [6.45, 7) is 1.78. The number of thioether (sulfide) groups is 1. The lowest BCUT2D eigenvalue weighted by Crippen LogP contribution is -2.33. The Morgan fingerprint density at radius 3 is 2.49 bits per heavy atom. The van der Waals surface area contributed by atoms with Crippen LogP contribution in [0, 0.1) is 6.92 Å². The Bertz CT molecular complexity index is 1600. The van der Waals surface area contributed by atoms with Gasteiger partial charge < -0.3 is 4.42 Å². The summed E-state index contributed by atoms with van der Waals surface area (Å²) >= 11 is 6.61. The molecule has 3 heterocycles. The number of hydrogen-bond acceptors (Lipinski definition) is 8. The molecule has 0 radical (unpaired) electrons. The zero-order valence-electron chi connectivity index (χ0n) is 20.1. The Labute approximate surface area is 221 Å². The molecule has 1 amide bonds. The average molecular weight is 535 g/mol. The molecule has 0 unspecified atom stereocenters. The van der Waals surface area contributed by atoms with Crippen molar-refractivity contribution in [1.82, 2.24) is 9.36 Å². The lowest BCUT2D eigenvalue weighted by atomic mass is 10.1. The first-order valence-corrected chi connectivity index (χ1v) is 12.4. The third-order valence-corrected chi connectivity index (χ3v) is 7.29. The zero-order chi connectivity index (χ0) is 26.3. The van der Waals surface area contributed by atoms with E-state index in [4.69, 9.17) is 21.5 Å². The Balaban J connectivity index is 1.48. The van der Waals surface area contributed by atoms with Gasteiger partial charge >= 0.3 is 0 Å². The molecule has 4 aromatic rings. The molecule has 1 saturated heterocycles. The number of para-hydroxylation sites is 2. The summed E-state index contributed by atoms with van der Waals surface area (Å²) in [6, 6.07) is 19.7. The fraction of sp³-hybridized carbons (Fsp3) is 0.115. The summed E-state index contributed by atoms with van der Waals surface area (Å²) in [6.07, 6.45) is 1.59. The Morgan fingerprint density at radius 2 is 1.76 bits per heavy atom. The highest BCUT2D eigenvalue weighted by Gasteiger charge is 2.38. The van der Waals surface area contributed by atoms with Crippen molar-refractivity contribution in [3.63, 3.8) is 0 Å². The van der Waals surface area contributed by atoms with Crippen LogP contribution in [0.3, 0.4) is 0 Å². The van der Waals surface area contributed by atoms with Crippen LogP contribution in [0.5, 0.6) is 0 Å². The van der Waals surface area contributed by atoms with Crippen LogP contribution in [0.25, 0.3) is 23.1 Å². The van der Waals surface area contributed by atoms with Gasteiger partial charge in [0.15, 0.2) is 4.32 Å². The number of amides is 1. The minimum atomic E-state index is -0.403. The monoisotopic (exact) mass is 534 g/mol. The van der Waals surface area contributed by atoms with E-state index in [9.17, 15) is 14.8 Å². The van der Waals surface area contributed by atoms with E-state index in [2.05, 4.69) is 0 Å². The molecule has 0 atom stereocenters. The number of anilines is 2. The van der Waals surface area contributed by atoms with Crippen LogP contribution < -0.4 is 15.7 Å². The van der Waals surface area contributed by atoms with Crippen molar-refractivity contribution in [1.29, 1.82) is 0 Å². The summed E-state index contributed by atoms with van der Waals surface area (Å²) in [7, 11) is 3.11. The molecule has 2 aromatic heterocycles. The molecule has 37 heavy (non-hydrogen) atoms. The van der Waals surface area contributed by atoms with E-state index in [1.54, 1.807) is 61.1 Å². The van der Waals surface area contributed by atoms with Crippen LogP contribution in [0.2, 0.25) is 0 Å². The van der Waals surface area contributed by atoms with Gasteiger partial charge in [0.25, 0.3) is 11.5 Å². The maximum Gasteiger partial charge on any atom is 0.296 e. The number of carbonyl (C=O) groups is 1. The summed E-state index contributed by atoms with van der Waals surface area (Å²) in [4.78, 5) is 33.4. The standard InChI is InChI=1S/C26H22N4O5S2/c1-16-23(25(32)29(27(16)2)17-9-5-4-6-10-17)28-24(31)22(37-26(28)36)15-18-13-14-21(35-18)19-11-7-8-12-20(19)30(33)34-3/h4-15,33H,1-3H3/b22-15-. The van der Waals surface area contributed by atoms with Gasteiger partial charge in [-0.25, -0.2) is 4.68 Å². The Hall–Kier alpha value is -3.90. The highest BCUT2D eigenvalue weighted by Crippen LogP contribution is 2.38. The zero-order valence-corrected chi connectivity index (χ0v) is 21.7. The quantitative estimate of drug-likeness (QED) is 0.212. The van der Waals surface area contributed by atoms with Gasteiger partial charge in [-0.05, 0) is 43.3 Å². The lowest BCUT2D eigenvalue weighted by molar-refractivity contribution is -0.113. The van der Waals surface area contributed by atoms with Crippen molar-refractivity contribution in [2.45, 2.75) is 6.92 Å². The van der Waals surface area contributed by atoms with Gasteiger partial charge in [-0.2, -0.15) is 0 Å². The van der Waals surface area contributed by atoms with E-state index in [-0.39, 0.29) is 15.6 Å². The van der Waals surface area contributed by atoms with Gasteiger partial charge in [0.05, 0.1) is 23.4 Å². The van der Waals surface area contributed by atoms with Gasteiger partial charge in [0.2, 0.25) is 0 Å². The number of benzene rings is 2. The van der Waals surface area contributed by atoms with Crippen LogP contribution in [-0.2, 0) is 16.7 Å². The molecule has 0 saturated carbocycles. The second-order valence-electron chi connectivity index (χ2n) is 8.10. The van der Waals surface area contributed by atoms with E-state index >= 15 is 0 Å². The van der Waals surface area contributed by atoms with Gasteiger partial charge in [0.1, 0.15) is 22.9 Å². The van der Waals surface area contributed by atoms with Crippen molar-refractivity contribution in [3.8, 4) is 17.0 Å².